The van der Waals surface area contributed by atoms with Crippen molar-refractivity contribution in [2.24, 2.45) is 0 Å². The average molecular weight is 345 g/mol. The summed E-state index contributed by atoms with van der Waals surface area (Å²) in [4.78, 5) is 18.9. The van der Waals surface area contributed by atoms with E-state index in [9.17, 15) is 4.79 Å². The fourth-order valence-electron chi connectivity index (χ4n) is 2.76. The lowest BCUT2D eigenvalue weighted by atomic mass is 10.2. The summed E-state index contributed by atoms with van der Waals surface area (Å²) in [6.07, 6.45) is 1.70. The van der Waals surface area contributed by atoms with Gasteiger partial charge in [0.15, 0.2) is 0 Å². The molecular formula is C22H23N3O. The molecule has 132 valence electrons. The van der Waals surface area contributed by atoms with E-state index in [4.69, 9.17) is 0 Å². The number of carbonyl (C=O) groups excluding carboxylic acids is 1. The summed E-state index contributed by atoms with van der Waals surface area (Å²) >= 11 is 0. The van der Waals surface area contributed by atoms with E-state index in [0.717, 1.165) is 22.5 Å². The third kappa shape index (κ3) is 4.28. The summed E-state index contributed by atoms with van der Waals surface area (Å²) in [5.41, 5.74) is 4.63. The van der Waals surface area contributed by atoms with Crippen LogP contribution in [0.2, 0.25) is 0 Å². The number of para-hydroxylation sites is 1. The number of nitrogens with one attached hydrogen (secondary N) is 1. The highest BCUT2D eigenvalue weighted by Gasteiger charge is 2.15. The first-order valence-electron chi connectivity index (χ1n) is 8.79. The Balaban J connectivity index is 1.70. The van der Waals surface area contributed by atoms with Crippen molar-refractivity contribution in [3.63, 3.8) is 0 Å². The lowest BCUT2D eigenvalue weighted by molar-refractivity contribution is 0.0746. The Labute approximate surface area is 154 Å². The van der Waals surface area contributed by atoms with Gasteiger partial charge in [-0.25, -0.2) is 4.98 Å². The van der Waals surface area contributed by atoms with Gasteiger partial charge in [0.2, 0.25) is 0 Å². The molecule has 0 saturated carbocycles. The molecule has 0 fully saturated rings. The van der Waals surface area contributed by atoms with Crippen molar-refractivity contribution in [1.29, 1.82) is 0 Å². The minimum absolute atomic E-state index is 0.0567. The van der Waals surface area contributed by atoms with Crippen molar-refractivity contribution >= 4 is 17.3 Å². The smallest absolute Gasteiger partial charge is 0.272 e. The topological polar surface area (TPSA) is 45.2 Å². The first-order chi connectivity index (χ1) is 12.7. The molecule has 4 heteroatoms. The maximum Gasteiger partial charge on any atom is 0.272 e. The molecule has 0 aliphatic rings. The van der Waals surface area contributed by atoms with Gasteiger partial charge in [0, 0.05) is 18.8 Å². The Morgan fingerprint density at radius 2 is 1.73 bits per heavy atom. The van der Waals surface area contributed by atoms with Gasteiger partial charge in [-0.3, -0.25) is 4.79 Å². The second-order valence-corrected chi connectivity index (χ2v) is 6.18. The lowest BCUT2D eigenvalue weighted by Crippen LogP contribution is -2.30. The number of hydrogen-bond donors (Lipinski definition) is 1. The number of nitrogens with zero attached hydrogens (tertiary/aromatic N) is 2. The van der Waals surface area contributed by atoms with Crippen LogP contribution in [0.25, 0.3) is 0 Å². The third-order valence-corrected chi connectivity index (χ3v) is 4.29. The highest BCUT2D eigenvalue weighted by atomic mass is 16.2. The Bertz CT molecular complexity index is 860. The first kappa shape index (κ1) is 17.7. The number of anilines is 2. The summed E-state index contributed by atoms with van der Waals surface area (Å²) in [5, 5.41) is 3.33. The highest BCUT2D eigenvalue weighted by molar-refractivity contribution is 5.92. The number of aryl methyl sites for hydroxylation is 1. The maximum atomic E-state index is 12.7. The summed E-state index contributed by atoms with van der Waals surface area (Å²) < 4.78 is 0. The van der Waals surface area contributed by atoms with Crippen molar-refractivity contribution in [2.75, 3.05) is 11.9 Å². The van der Waals surface area contributed by atoms with E-state index >= 15 is 0 Å². The highest BCUT2D eigenvalue weighted by Crippen LogP contribution is 2.20. The van der Waals surface area contributed by atoms with Crippen LogP contribution >= 0.6 is 0 Å². The fourth-order valence-corrected chi connectivity index (χ4v) is 2.76. The largest absolute Gasteiger partial charge is 0.354 e. The number of pyridine rings is 1. The molecule has 26 heavy (non-hydrogen) atoms. The van der Waals surface area contributed by atoms with Gasteiger partial charge in [-0.2, -0.15) is 0 Å². The predicted octanol–water partition coefficient (Wildman–Crippen LogP) is 4.80. The SMILES string of the molecule is CCN(Cc1ccccc1)C(=O)c1ccc(Nc2ccccc2C)cn1. The first-order valence-corrected chi connectivity index (χ1v) is 8.79. The fraction of sp³-hybridized carbons (Fsp3) is 0.182. The average Bonchev–Trinajstić information content (AvgIpc) is 2.69. The lowest BCUT2D eigenvalue weighted by Gasteiger charge is -2.20. The number of benzene rings is 2. The van der Waals surface area contributed by atoms with Crippen LogP contribution in [0.5, 0.6) is 0 Å². The van der Waals surface area contributed by atoms with Gasteiger partial charge >= 0.3 is 0 Å². The van der Waals surface area contributed by atoms with Crippen LogP contribution in [0.3, 0.4) is 0 Å². The molecule has 0 atom stereocenters. The Hall–Kier alpha value is -3.14. The van der Waals surface area contributed by atoms with Crippen molar-refractivity contribution in [1.82, 2.24) is 9.88 Å². The summed E-state index contributed by atoms with van der Waals surface area (Å²) in [6, 6.07) is 21.7. The van der Waals surface area contributed by atoms with Crippen molar-refractivity contribution in [3.05, 3.63) is 89.7 Å². The van der Waals surface area contributed by atoms with E-state index in [-0.39, 0.29) is 5.91 Å². The molecule has 1 amide bonds. The zero-order valence-electron chi connectivity index (χ0n) is 15.1. The molecule has 0 aliphatic carbocycles. The predicted molar refractivity (Wildman–Crippen MR) is 106 cm³/mol. The van der Waals surface area contributed by atoms with E-state index in [0.29, 0.717) is 18.8 Å². The molecule has 3 aromatic rings. The van der Waals surface area contributed by atoms with E-state index in [1.54, 1.807) is 17.2 Å². The van der Waals surface area contributed by atoms with Crippen LogP contribution in [0.15, 0.2) is 72.9 Å². The van der Waals surface area contributed by atoms with Crippen LogP contribution in [-0.2, 0) is 6.54 Å². The van der Waals surface area contributed by atoms with Gasteiger partial charge in [0.25, 0.3) is 5.91 Å². The van der Waals surface area contributed by atoms with Crippen LogP contribution in [0.1, 0.15) is 28.5 Å². The van der Waals surface area contributed by atoms with Gasteiger partial charge < -0.3 is 10.2 Å². The molecule has 0 unspecified atom stereocenters. The Morgan fingerprint density at radius 1 is 1.00 bits per heavy atom. The Morgan fingerprint density at radius 3 is 2.38 bits per heavy atom. The van der Waals surface area contributed by atoms with Gasteiger partial charge in [0.05, 0.1) is 11.9 Å². The quantitative estimate of drug-likeness (QED) is 0.698. The molecule has 0 bridgehead atoms. The van der Waals surface area contributed by atoms with Gasteiger partial charge in [-0.05, 0) is 43.2 Å². The number of rotatable bonds is 6. The number of carbonyl (C=O) groups is 1. The standard InChI is InChI=1S/C22H23N3O/c1-3-25(16-18-10-5-4-6-11-18)22(26)21-14-13-19(15-23-21)24-20-12-8-7-9-17(20)2/h4-15,24H,3,16H2,1-2H3. The second kappa shape index (κ2) is 8.30. The zero-order chi connectivity index (χ0) is 18.4. The van der Waals surface area contributed by atoms with Crippen LogP contribution < -0.4 is 5.32 Å². The third-order valence-electron chi connectivity index (χ3n) is 4.29. The van der Waals surface area contributed by atoms with Crippen molar-refractivity contribution in [2.45, 2.75) is 20.4 Å². The Kier molecular flexibility index (Phi) is 5.64. The molecular weight excluding hydrogens is 322 g/mol. The second-order valence-electron chi connectivity index (χ2n) is 6.18. The molecule has 0 aliphatic heterocycles. The van der Waals surface area contributed by atoms with E-state index in [1.165, 1.54) is 0 Å². The minimum Gasteiger partial charge on any atom is -0.354 e. The van der Waals surface area contributed by atoms with E-state index in [2.05, 4.69) is 23.3 Å². The van der Waals surface area contributed by atoms with E-state index < -0.39 is 0 Å². The van der Waals surface area contributed by atoms with Gasteiger partial charge in [-0.15, -0.1) is 0 Å². The summed E-state index contributed by atoms with van der Waals surface area (Å²) in [6.45, 7) is 5.25. The van der Waals surface area contributed by atoms with Crippen LogP contribution in [0, 0.1) is 6.92 Å². The van der Waals surface area contributed by atoms with E-state index in [1.807, 2.05) is 61.5 Å². The summed E-state index contributed by atoms with van der Waals surface area (Å²) in [7, 11) is 0. The monoisotopic (exact) mass is 345 g/mol. The molecule has 1 heterocycles. The molecule has 0 spiro atoms. The van der Waals surface area contributed by atoms with Gasteiger partial charge in [-0.1, -0.05) is 48.5 Å². The molecule has 3 rings (SSSR count). The molecule has 2 aromatic carbocycles. The van der Waals surface area contributed by atoms with Crippen LogP contribution in [-0.4, -0.2) is 22.3 Å². The van der Waals surface area contributed by atoms with Crippen molar-refractivity contribution < 1.29 is 4.79 Å². The number of amides is 1. The van der Waals surface area contributed by atoms with Gasteiger partial charge in [0.1, 0.15) is 5.69 Å². The number of hydrogen-bond acceptors (Lipinski definition) is 3. The normalized spacial score (nSPS) is 10.4. The molecule has 1 N–H and O–H groups in total. The molecule has 0 saturated heterocycles. The van der Waals surface area contributed by atoms with Crippen LogP contribution in [0.4, 0.5) is 11.4 Å². The molecule has 0 radical (unpaired) electrons. The number of aromatic nitrogens is 1. The maximum absolute atomic E-state index is 12.7. The summed E-state index contributed by atoms with van der Waals surface area (Å²) in [5.74, 6) is -0.0567. The molecule has 4 nitrogen and oxygen atoms in total. The zero-order valence-corrected chi connectivity index (χ0v) is 15.1. The minimum atomic E-state index is -0.0567. The molecule has 1 aromatic heterocycles. The van der Waals surface area contributed by atoms with Crippen molar-refractivity contribution in [3.8, 4) is 0 Å².